The van der Waals surface area contributed by atoms with Crippen LogP contribution in [0.25, 0.3) is 0 Å². The van der Waals surface area contributed by atoms with Crippen LogP contribution in [0.3, 0.4) is 0 Å². The van der Waals surface area contributed by atoms with E-state index < -0.39 is 0 Å². The van der Waals surface area contributed by atoms with Gasteiger partial charge in [-0.25, -0.2) is 4.39 Å². The molecule has 0 aliphatic rings. The van der Waals surface area contributed by atoms with Crippen molar-refractivity contribution in [3.8, 4) is 0 Å². The van der Waals surface area contributed by atoms with Crippen molar-refractivity contribution in [3.63, 3.8) is 0 Å². The van der Waals surface area contributed by atoms with Crippen LogP contribution in [0.15, 0.2) is 24.3 Å². The van der Waals surface area contributed by atoms with E-state index in [0.717, 1.165) is 30.7 Å². The van der Waals surface area contributed by atoms with Crippen molar-refractivity contribution >= 4 is 11.6 Å². The molecule has 0 saturated heterocycles. The maximum absolute atomic E-state index is 12.9. The number of nitrogens with zero attached hydrogens (tertiary/aromatic N) is 3. The topological polar surface area (TPSA) is 30.7 Å². The van der Waals surface area contributed by atoms with Gasteiger partial charge < -0.3 is 0 Å². The summed E-state index contributed by atoms with van der Waals surface area (Å²) in [5.74, 6) is 0.688. The fraction of sp³-hybridized carbons (Fsp3) is 0.429. The quantitative estimate of drug-likeness (QED) is 0.834. The van der Waals surface area contributed by atoms with Gasteiger partial charge in [0.05, 0.1) is 0 Å². The summed E-state index contributed by atoms with van der Waals surface area (Å²) in [6.45, 7) is 4.16. The van der Waals surface area contributed by atoms with Crippen LogP contribution < -0.4 is 0 Å². The second-order valence-corrected chi connectivity index (χ2v) is 5.02. The van der Waals surface area contributed by atoms with E-state index in [9.17, 15) is 4.39 Å². The molecule has 1 aromatic carbocycles. The summed E-state index contributed by atoms with van der Waals surface area (Å²) in [5.41, 5.74) is 1.07. The fourth-order valence-corrected chi connectivity index (χ4v) is 2.49. The second kappa shape index (κ2) is 6.15. The summed E-state index contributed by atoms with van der Waals surface area (Å²) >= 11 is 6.10. The first-order valence-electron chi connectivity index (χ1n) is 6.45. The van der Waals surface area contributed by atoms with Gasteiger partial charge in [0.1, 0.15) is 11.6 Å². The Kier molecular flexibility index (Phi) is 4.53. The average Bonchev–Trinajstić information content (AvgIpc) is 2.74. The van der Waals surface area contributed by atoms with Crippen LogP contribution in [-0.4, -0.2) is 14.8 Å². The number of hydrogen-bond donors (Lipinski definition) is 0. The van der Waals surface area contributed by atoms with Crippen molar-refractivity contribution in [2.24, 2.45) is 0 Å². The summed E-state index contributed by atoms with van der Waals surface area (Å²) in [4.78, 5) is 0. The van der Waals surface area contributed by atoms with E-state index in [1.54, 1.807) is 12.1 Å². The normalized spacial score (nSPS) is 12.6. The Morgan fingerprint density at radius 3 is 2.58 bits per heavy atom. The van der Waals surface area contributed by atoms with Gasteiger partial charge in [0, 0.05) is 12.5 Å². The number of aromatic nitrogens is 3. The lowest BCUT2D eigenvalue weighted by molar-refractivity contribution is 0.517. The summed E-state index contributed by atoms with van der Waals surface area (Å²) in [6.07, 6.45) is 2.63. The Bertz CT molecular complexity index is 536. The first kappa shape index (κ1) is 14.0. The highest BCUT2D eigenvalue weighted by molar-refractivity contribution is 6.28. The number of benzene rings is 1. The maximum Gasteiger partial charge on any atom is 0.225 e. The Balaban J connectivity index is 2.17. The van der Waals surface area contributed by atoms with Gasteiger partial charge >= 0.3 is 0 Å². The van der Waals surface area contributed by atoms with Gasteiger partial charge in [-0.3, -0.25) is 4.57 Å². The molecule has 0 fully saturated rings. The standard InChI is InChI=1S/C14H17ClFN3/c1-3-4-13-17-18-14(15)19(13)10(2)9-11-5-7-12(16)8-6-11/h5-8,10H,3-4,9H2,1-2H3. The van der Waals surface area contributed by atoms with E-state index in [2.05, 4.69) is 24.0 Å². The van der Waals surface area contributed by atoms with Crippen molar-refractivity contribution in [2.75, 3.05) is 0 Å². The molecular weight excluding hydrogens is 265 g/mol. The highest BCUT2D eigenvalue weighted by Gasteiger charge is 2.15. The molecule has 5 heteroatoms. The first-order chi connectivity index (χ1) is 9.11. The minimum atomic E-state index is -0.217. The number of hydrogen-bond acceptors (Lipinski definition) is 2. The number of rotatable bonds is 5. The van der Waals surface area contributed by atoms with Crippen LogP contribution in [0.1, 0.15) is 37.7 Å². The van der Waals surface area contributed by atoms with Gasteiger partial charge in [0.2, 0.25) is 5.28 Å². The Morgan fingerprint density at radius 2 is 1.95 bits per heavy atom. The van der Waals surface area contributed by atoms with Gasteiger partial charge in [0.25, 0.3) is 0 Å². The van der Waals surface area contributed by atoms with Crippen molar-refractivity contribution in [1.82, 2.24) is 14.8 Å². The van der Waals surface area contributed by atoms with Gasteiger partial charge in [-0.2, -0.15) is 0 Å². The molecule has 2 rings (SSSR count). The van der Waals surface area contributed by atoms with Crippen LogP contribution in [0.4, 0.5) is 4.39 Å². The van der Waals surface area contributed by atoms with Crippen LogP contribution in [0.2, 0.25) is 5.28 Å². The molecule has 1 aromatic heterocycles. The zero-order chi connectivity index (χ0) is 13.8. The summed E-state index contributed by atoms with van der Waals surface area (Å²) in [7, 11) is 0. The minimum Gasteiger partial charge on any atom is -0.299 e. The van der Waals surface area contributed by atoms with Crippen molar-refractivity contribution in [3.05, 3.63) is 46.8 Å². The molecule has 0 spiro atoms. The van der Waals surface area contributed by atoms with Crippen LogP contribution >= 0.6 is 11.6 Å². The SMILES string of the molecule is CCCc1nnc(Cl)n1C(C)Cc1ccc(F)cc1. The largest absolute Gasteiger partial charge is 0.299 e. The van der Waals surface area contributed by atoms with E-state index in [4.69, 9.17) is 11.6 Å². The number of aryl methyl sites for hydroxylation is 1. The van der Waals surface area contributed by atoms with Crippen molar-refractivity contribution < 1.29 is 4.39 Å². The van der Waals surface area contributed by atoms with E-state index in [-0.39, 0.29) is 11.9 Å². The molecule has 3 nitrogen and oxygen atoms in total. The molecule has 102 valence electrons. The van der Waals surface area contributed by atoms with E-state index in [0.29, 0.717) is 5.28 Å². The van der Waals surface area contributed by atoms with E-state index >= 15 is 0 Å². The van der Waals surface area contributed by atoms with Gasteiger partial charge in [0.15, 0.2) is 0 Å². The lowest BCUT2D eigenvalue weighted by atomic mass is 10.1. The zero-order valence-electron chi connectivity index (χ0n) is 11.1. The average molecular weight is 282 g/mol. The summed E-state index contributed by atoms with van der Waals surface area (Å²) in [5, 5.41) is 8.45. The van der Waals surface area contributed by atoms with E-state index in [1.165, 1.54) is 12.1 Å². The highest BCUT2D eigenvalue weighted by atomic mass is 35.5. The molecule has 0 bridgehead atoms. The zero-order valence-corrected chi connectivity index (χ0v) is 11.9. The van der Waals surface area contributed by atoms with Crippen molar-refractivity contribution in [2.45, 2.75) is 39.2 Å². The Morgan fingerprint density at radius 1 is 1.26 bits per heavy atom. The monoisotopic (exact) mass is 281 g/mol. The fourth-order valence-electron chi connectivity index (χ4n) is 2.19. The van der Waals surface area contributed by atoms with Crippen molar-refractivity contribution in [1.29, 1.82) is 0 Å². The molecular formula is C14H17ClFN3. The van der Waals surface area contributed by atoms with Gasteiger partial charge in [-0.1, -0.05) is 19.1 Å². The van der Waals surface area contributed by atoms with Crippen LogP contribution in [-0.2, 0) is 12.8 Å². The lowest BCUT2D eigenvalue weighted by Gasteiger charge is -2.16. The molecule has 1 atom stereocenters. The maximum atomic E-state index is 12.9. The predicted molar refractivity (Wildman–Crippen MR) is 73.8 cm³/mol. The molecule has 0 aliphatic heterocycles. The molecule has 0 amide bonds. The number of halogens is 2. The van der Waals surface area contributed by atoms with Crippen LogP contribution in [0, 0.1) is 5.82 Å². The second-order valence-electron chi connectivity index (χ2n) is 4.68. The molecule has 1 heterocycles. The third-order valence-corrected chi connectivity index (χ3v) is 3.34. The summed E-state index contributed by atoms with van der Waals surface area (Å²) in [6, 6.07) is 6.69. The summed E-state index contributed by atoms with van der Waals surface area (Å²) < 4.78 is 14.8. The molecule has 0 N–H and O–H groups in total. The van der Waals surface area contributed by atoms with Gasteiger partial charge in [-0.05, 0) is 49.1 Å². The molecule has 19 heavy (non-hydrogen) atoms. The third kappa shape index (κ3) is 3.32. The first-order valence-corrected chi connectivity index (χ1v) is 6.83. The van der Waals surface area contributed by atoms with E-state index in [1.807, 2.05) is 4.57 Å². The third-order valence-electron chi connectivity index (χ3n) is 3.08. The highest BCUT2D eigenvalue weighted by Crippen LogP contribution is 2.21. The Labute approximate surface area is 117 Å². The van der Waals surface area contributed by atoms with Crippen LogP contribution in [0.5, 0.6) is 0 Å². The Hall–Kier alpha value is -1.42. The lowest BCUT2D eigenvalue weighted by Crippen LogP contribution is -2.12. The molecule has 2 aromatic rings. The smallest absolute Gasteiger partial charge is 0.225 e. The molecule has 1 unspecified atom stereocenters. The molecule has 0 aliphatic carbocycles. The minimum absolute atomic E-state index is 0.148. The van der Waals surface area contributed by atoms with Gasteiger partial charge in [-0.15, -0.1) is 10.2 Å². The predicted octanol–water partition coefficient (Wildman–Crippen LogP) is 3.83. The molecule has 0 radical (unpaired) electrons. The molecule has 0 saturated carbocycles.